The first-order valence-corrected chi connectivity index (χ1v) is 2.24. The number of rotatable bonds is 0. The van der Waals surface area contributed by atoms with E-state index in [0.29, 0.717) is 0 Å². The van der Waals surface area contributed by atoms with Gasteiger partial charge >= 0.3 is 154 Å². The van der Waals surface area contributed by atoms with Crippen LogP contribution in [0.25, 0.3) is 0 Å². The largest absolute Gasteiger partial charge is 1.00 e. The third kappa shape index (κ3) is 43.9. The SMILES string of the molecule is O=P([O-])([O-])O.[K+].[K+].[K+]. The van der Waals surface area contributed by atoms with Gasteiger partial charge in [-0.15, -0.1) is 0 Å². The zero-order valence-electron chi connectivity index (χ0n) is 5.12. The first-order valence-electron chi connectivity index (χ1n) is 0.748. The summed E-state index contributed by atoms with van der Waals surface area (Å²) < 4.78 is 8.66. The van der Waals surface area contributed by atoms with Gasteiger partial charge in [0.1, 0.15) is 0 Å². The van der Waals surface area contributed by atoms with E-state index in [1.807, 2.05) is 0 Å². The molecule has 8 heavy (non-hydrogen) atoms. The average Bonchev–Trinajstić information content (AvgIpc) is 0.722. The molecule has 0 saturated heterocycles. The summed E-state index contributed by atoms with van der Waals surface area (Å²) in [7, 11) is -5.14. The van der Waals surface area contributed by atoms with Crippen LogP contribution < -0.4 is 164 Å². The predicted molar refractivity (Wildman–Crippen MR) is 9.83 cm³/mol. The number of hydrogen-bond acceptors (Lipinski definition) is 3. The van der Waals surface area contributed by atoms with E-state index in [-0.39, 0.29) is 154 Å². The summed E-state index contributed by atoms with van der Waals surface area (Å²) in [5.74, 6) is 0. The third-order valence-corrected chi connectivity index (χ3v) is 0. The first-order chi connectivity index (χ1) is 2.00. The summed E-state index contributed by atoms with van der Waals surface area (Å²) in [6.07, 6.45) is 0. The fourth-order valence-corrected chi connectivity index (χ4v) is 0. The van der Waals surface area contributed by atoms with Crippen molar-refractivity contribution in [3.05, 3.63) is 0 Å². The smallest absolute Gasteiger partial charge is 0.790 e. The van der Waals surface area contributed by atoms with Gasteiger partial charge in [0, 0.05) is 0 Å². The van der Waals surface area contributed by atoms with Crippen molar-refractivity contribution < 1.29 is 173 Å². The Morgan fingerprint density at radius 1 is 1.12 bits per heavy atom. The molecule has 1 N–H and O–H groups in total. The molecule has 0 aliphatic carbocycles. The maximum Gasteiger partial charge on any atom is 1.00 e. The molecule has 0 saturated carbocycles. The van der Waals surface area contributed by atoms with E-state index in [1.165, 1.54) is 0 Å². The van der Waals surface area contributed by atoms with E-state index in [1.54, 1.807) is 0 Å². The molecule has 4 nitrogen and oxygen atoms in total. The van der Waals surface area contributed by atoms with Crippen molar-refractivity contribution >= 4 is 7.82 Å². The molecule has 0 fully saturated rings. The average molecular weight is 213 g/mol. The second kappa shape index (κ2) is 12.0. The summed E-state index contributed by atoms with van der Waals surface area (Å²) >= 11 is 0. The van der Waals surface area contributed by atoms with Crippen molar-refractivity contribution in [2.45, 2.75) is 0 Å². The molecule has 0 amide bonds. The molecular weight excluding hydrogens is 212 g/mol. The Hall–Kier alpha value is 5.02. The second-order valence-electron chi connectivity index (χ2n) is 0.469. The van der Waals surface area contributed by atoms with Crippen LogP contribution in [0, 0.1) is 0 Å². The summed E-state index contributed by atoms with van der Waals surface area (Å²) in [5.41, 5.74) is 0. The first kappa shape index (κ1) is 23.1. The van der Waals surface area contributed by atoms with Gasteiger partial charge in [0.15, 0.2) is 0 Å². The van der Waals surface area contributed by atoms with Gasteiger partial charge in [-0.05, 0) is 0 Å². The standard InChI is InChI=1S/3K.H3O4P/c;;;1-5(2,3)4/h;;;(H3,1,2,3,4)/q3*+1;/p-2. The van der Waals surface area contributed by atoms with Crippen LogP contribution in [0.2, 0.25) is 0 Å². The Labute approximate surface area is 175 Å². The van der Waals surface area contributed by atoms with Gasteiger partial charge in [0.2, 0.25) is 0 Å². The summed E-state index contributed by atoms with van der Waals surface area (Å²) in [6, 6.07) is 0. The fourth-order valence-electron chi connectivity index (χ4n) is 0. The Kier molecular flexibility index (Phi) is 34.7. The molecule has 0 aromatic rings. The Balaban J connectivity index is -0.0000000267. The van der Waals surface area contributed by atoms with Crippen molar-refractivity contribution in [2.24, 2.45) is 0 Å². The molecule has 0 aliphatic heterocycles. The Morgan fingerprint density at radius 2 is 1.12 bits per heavy atom. The molecule has 0 aliphatic rings. The summed E-state index contributed by atoms with van der Waals surface area (Å²) in [5, 5.41) is 0. The van der Waals surface area contributed by atoms with Crippen molar-refractivity contribution in [1.29, 1.82) is 0 Å². The van der Waals surface area contributed by atoms with Crippen molar-refractivity contribution in [2.75, 3.05) is 0 Å². The van der Waals surface area contributed by atoms with Gasteiger partial charge in [-0.25, -0.2) is 0 Å². The maximum absolute atomic E-state index is 8.66. The van der Waals surface area contributed by atoms with Crippen molar-refractivity contribution in [1.82, 2.24) is 0 Å². The molecule has 0 radical (unpaired) electrons. The molecule has 0 spiro atoms. The maximum atomic E-state index is 8.66. The minimum absolute atomic E-state index is 0. The van der Waals surface area contributed by atoms with Crippen LogP contribution in [0.4, 0.5) is 0 Å². The zero-order valence-corrected chi connectivity index (χ0v) is 15.4. The quantitative estimate of drug-likeness (QED) is 0.320. The Bertz CT molecular complexity index is 57.4. The third-order valence-electron chi connectivity index (χ3n) is 0. The molecule has 0 aromatic carbocycles. The zero-order chi connectivity index (χ0) is 4.50. The molecule has 0 unspecified atom stereocenters. The van der Waals surface area contributed by atoms with Crippen LogP contribution in [0.15, 0.2) is 0 Å². The van der Waals surface area contributed by atoms with Crippen LogP contribution >= 0.6 is 7.82 Å². The molecule has 0 bridgehead atoms. The molecule has 0 atom stereocenters. The van der Waals surface area contributed by atoms with E-state index in [2.05, 4.69) is 0 Å². The van der Waals surface area contributed by atoms with Gasteiger partial charge in [-0.2, -0.15) is 0 Å². The van der Waals surface area contributed by atoms with Gasteiger partial charge < -0.3 is 19.2 Å². The van der Waals surface area contributed by atoms with Gasteiger partial charge in [-0.3, -0.25) is 0 Å². The second-order valence-corrected chi connectivity index (χ2v) is 1.41. The van der Waals surface area contributed by atoms with Crippen LogP contribution in [0.3, 0.4) is 0 Å². The summed E-state index contributed by atoms with van der Waals surface area (Å²) in [4.78, 5) is 24.3. The Morgan fingerprint density at radius 3 is 1.12 bits per heavy atom. The molecule has 32 valence electrons. The minimum atomic E-state index is -5.14. The predicted octanol–water partition coefficient (Wildman–Crippen LogP) is -11.2. The van der Waals surface area contributed by atoms with E-state index < -0.39 is 7.82 Å². The number of phosphoric acid groups is 1. The van der Waals surface area contributed by atoms with Gasteiger partial charge in [0.05, 0.1) is 7.82 Å². The van der Waals surface area contributed by atoms with E-state index in [4.69, 9.17) is 19.2 Å². The van der Waals surface area contributed by atoms with Crippen LogP contribution in [0.5, 0.6) is 0 Å². The van der Waals surface area contributed by atoms with Crippen molar-refractivity contribution in [3.8, 4) is 0 Å². The van der Waals surface area contributed by atoms with E-state index in [9.17, 15) is 0 Å². The van der Waals surface area contributed by atoms with Crippen LogP contribution in [-0.2, 0) is 4.57 Å². The molecule has 0 heterocycles. The molecule has 0 rings (SSSR count). The normalized spacial score (nSPS) is 7.38. The number of hydrogen-bond donors (Lipinski definition) is 1. The summed E-state index contributed by atoms with van der Waals surface area (Å²) in [6.45, 7) is 0. The van der Waals surface area contributed by atoms with Crippen molar-refractivity contribution in [3.63, 3.8) is 0 Å². The van der Waals surface area contributed by atoms with Crippen LogP contribution in [-0.4, -0.2) is 4.89 Å². The van der Waals surface area contributed by atoms with Crippen LogP contribution in [0.1, 0.15) is 0 Å². The monoisotopic (exact) mass is 213 g/mol. The molecule has 8 heteroatoms. The van der Waals surface area contributed by atoms with Gasteiger partial charge in [-0.1, -0.05) is 0 Å². The van der Waals surface area contributed by atoms with E-state index >= 15 is 0 Å². The van der Waals surface area contributed by atoms with E-state index in [0.717, 1.165) is 0 Å². The van der Waals surface area contributed by atoms with Gasteiger partial charge in [0.25, 0.3) is 0 Å². The minimum Gasteiger partial charge on any atom is -0.790 e. The topological polar surface area (TPSA) is 83.4 Å². The molecule has 0 aromatic heterocycles. The molecular formula is HK3O4P+. The fraction of sp³-hybridized carbons (Fsp3) is 0.